The minimum atomic E-state index is -0.601. The maximum absolute atomic E-state index is 12.6. The van der Waals surface area contributed by atoms with Crippen LogP contribution in [0.4, 0.5) is 11.5 Å². The summed E-state index contributed by atoms with van der Waals surface area (Å²) in [6.07, 6.45) is 3.66. The molecule has 0 aliphatic heterocycles. The zero-order chi connectivity index (χ0) is 18.3. The van der Waals surface area contributed by atoms with Crippen molar-refractivity contribution in [2.75, 3.05) is 17.2 Å². The molecule has 0 spiro atoms. The van der Waals surface area contributed by atoms with Crippen molar-refractivity contribution < 1.29 is 4.79 Å². The van der Waals surface area contributed by atoms with Gasteiger partial charge in [0.1, 0.15) is 5.82 Å². The van der Waals surface area contributed by atoms with E-state index in [9.17, 15) is 14.4 Å². The maximum Gasteiger partial charge on any atom is 0.330 e. The summed E-state index contributed by atoms with van der Waals surface area (Å²) in [5.74, 6) is 0.108. The average Bonchev–Trinajstić information content (AvgIpc) is 2.50. The number of nitrogens with one attached hydrogen (secondary N) is 1. The van der Waals surface area contributed by atoms with E-state index in [1.807, 2.05) is 27.7 Å². The normalized spacial score (nSPS) is 11.0. The lowest BCUT2D eigenvalue weighted by Crippen LogP contribution is -2.42. The number of carbonyl (C=O) groups is 1. The Morgan fingerprint density at radius 1 is 1.21 bits per heavy atom. The Morgan fingerprint density at radius 3 is 2.38 bits per heavy atom. The molecule has 0 saturated heterocycles. The van der Waals surface area contributed by atoms with E-state index in [-0.39, 0.29) is 23.3 Å². The third kappa shape index (κ3) is 4.97. The molecule has 1 rings (SSSR count). The lowest BCUT2D eigenvalue weighted by Gasteiger charge is -2.26. The first-order valence-electron chi connectivity index (χ1n) is 8.76. The molecule has 24 heavy (non-hydrogen) atoms. The Bertz CT molecular complexity index is 661. The molecule has 0 aliphatic carbocycles. The Kier molecular flexibility index (Phi) is 7.74. The first-order chi connectivity index (χ1) is 11.3. The van der Waals surface area contributed by atoms with Crippen LogP contribution in [0.25, 0.3) is 0 Å². The molecule has 0 fully saturated rings. The van der Waals surface area contributed by atoms with Crippen LogP contribution in [0, 0.1) is 5.92 Å². The van der Waals surface area contributed by atoms with Gasteiger partial charge in [0, 0.05) is 19.5 Å². The van der Waals surface area contributed by atoms with Crippen LogP contribution in [0.1, 0.15) is 59.8 Å². The van der Waals surface area contributed by atoms with E-state index in [4.69, 9.17) is 5.73 Å². The first-order valence-corrected chi connectivity index (χ1v) is 8.76. The predicted octanol–water partition coefficient (Wildman–Crippen LogP) is 2.10. The average molecular weight is 338 g/mol. The van der Waals surface area contributed by atoms with E-state index in [1.165, 1.54) is 9.47 Å². The number of hydrogen-bond acceptors (Lipinski definition) is 4. The summed E-state index contributed by atoms with van der Waals surface area (Å²) < 4.78 is 1.35. The summed E-state index contributed by atoms with van der Waals surface area (Å²) in [6, 6.07) is 0. The number of H-pyrrole nitrogens is 1. The van der Waals surface area contributed by atoms with Gasteiger partial charge in [-0.15, -0.1) is 0 Å². The molecular weight excluding hydrogens is 308 g/mol. The van der Waals surface area contributed by atoms with Crippen molar-refractivity contribution in [3.8, 4) is 0 Å². The molecule has 0 atom stereocenters. The zero-order valence-electron chi connectivity index (χ0n) is 15.2. The summed E-state index contributed by atoms with van der Waals surface area (Å²) >= 11 is 0. The number of carbonyl (C=O) groups excluding carboxylic acids is 1. The van der Waals surface area contributed by atoms with Gasteiger partial charge in [-0.3, -0.25) is 19.1 Å². The predicted molar refractivity (Wildman–Crippen MR) is 97.4 cm³/mol. The smallest absolute Gasteiger partial charge is 0.330 e. The number of aromatic nitrogens is 2. The van der Waals surface area contributed by atoms with Crippen molar-refractivity contribution in [3.63, 3.8) is 0 Å². The van der Waals surface area contributed by atoms with Gasteiger partial charge in [-0.1, -0.05) is 40.5 Å². The van der Waals surface area contributed by atoms with Crippen LogP contribution in [0.15, 0.2) is 9.59 Å². The van der Waals surface area contributed by atoms with E-state index in [0.29, 0.717) is 19.5 Å². The summed E-state index contributed by atoms with van der Waals surface area (Å²) in [4.78, 5) is 40.7. The van der Waals surface area contributed by atoms with Crippen molar-refractivity contribution in [3.05, 3.63) is 20.8 Å². The summed E-state index contributed by atoms with van der Waals surface area (Å²) in [7, 11) is 0. The Balaban J connectivity index is 3.37. The lowest BCUT2D eigenvalue weighted by molar-refractivity contribution is -0.118. The highest BCUT2D eigenvalue weighted by molar-refractivity contribution is 5.95. The van der Waals surface area contributed by atoms with Crippen molar-refractivity contribution in [2.24, 2.45) is 5.92 Å². The standard InChI is InChI=1S/C17H30N4O3/c1-5-7-9-13(22)21(11-12(3)4)14-15(18)20(10-8-6-2)17(24)19-16(14)23/h12H,5-11,18H2,1-4H3,(H,19,23,24). The molecule has 7 heteroatoms. The number of anilines is 2. The Hall–Kier alpha value is -2.05. The third-order valence-electron chi connectivity index (χ3n) is 3.81. The topological polar surface area (TPSA) is 101 Å². The van der Waals surface area contributed by atoms with Crippen LogP contribution >= 0.6 is 0 Å². The second-order valence-corrected chi connectivity index (χ2v) is 6.50. The number of hydrogen-bond donors (Lipinski definition) is 2. The van der Waals surface area contributed by atoms with Crippen molar-refractivity contribution in [1.82, 2.24) is 9.55 Å². The van der Waals surface area contributed by atoms with Gasteiger partial charge in [0.25, 0.3) is 5.56 Å². The Labute approximate surface area is 142 Å². The molecule has 1 aromatic rings. The highest BCUT2D eigenvalue weighted by atomic mass is 16.2. The van der Waals surface area contributed by atoms with Gasteiger partial charge in [0.15, 0.2) is 5.69 Å². The second kappa shape index (κ2) is 9.30. The van der Waals surface area contributed by atoms with Crippen LogP contribution < -0.4 is 21.9 Å². The van der Waals surface area contributed by atoms with Crippen LogP contribution in [-0.2, 0) is 11.3 Å². The van der Waals surface area contributed by atoms with E-state index < -0.39 is 11.2 Å². The summed E-state index contributed by atoms with van der Waals surface area (Å²) in [5, 5.41) is 0. The SMILES string of the molecule is CCCCC(=O)N(CC(C)C)c1c(N)n(CCCC)c(=O)[nH]c1=O. The fraction of sp³-hybridized carbons (Fsp3) is 0.706. The summed E-state index contributed by atoms with van der Waals surface area (Å²) in [6.45, 7) is 8.76. The van der Waals surface area contributed by atoms with Gasteiger partial charge in [-0.2, -0.15) is 0 Å². The fourth-order valence-corrected chi connectivity index (χ4v) is 2.52. The van der Waals surface area contributed by atoms with Gasteiger partial charge in [0.05, 0.1) is 0 Å². The zero-order valence-corrected chi connectivity index (χ0v) is 15.2. The first kappa shape index (κ1) is 20.0. The van der Waals surface area contributed by atoms with Crippen molar-refractivity contribution >= 4 is 17.4 Å². The number of nitrogen functional groups attached to an aromatic ring is 1. The lowest BCUT2D eigenvalue weighted by atomic mass is 10.1. The molecule has 0 bridgehead atoms. The number of rotatable bonds is 9. The minimum Gasteiger partial charge on any atom is -0.383 e. The van der Waals surface area contributed by atoms with Crippen molar-refractivity contribution in [1.29, 1.82) is 0 Å². The van der Waals surface area contributed by atoms with Gasteiger partial charge < -0.3 is 10.6 Å². The van der Waals surface area contributed by atoms with Crippen LogP contribution in [-0.4, -0.2) is 22.0 Å². The maximum atomic E-state index is 12.6. The molecule has 1 amide bonds. The van der Waals surface area contributed by atoms with Crippen molar-refractivity contribution in [2.45, 2.75) is 66.3 Å². The van der Waals surface area contributed by atoms with E-state index in [1.54, 1.807) is 0 Å². The molecule has 0 aliphatic rings. The molecule has 0 aromatic carbocycles. The molecule has 0 radical (unpaired) electrons. The number of nitrogens with two attached hydrogens (primary N) is 1. The largest absolute Gasteiger partial charge is 0.383 e. The van der Waals surface area contributed by atoms with Gasteiger partial charge in [-0.25, -0.2) is 4.79 Å². The number of aromatic amines is 1. The minimum absolute atomic E-state index is 0.0719. The number of unbranched alkanes of at least 4 members (excludes halogenated alkanes) is 2. The molecular formula is C17H30N4O3. The van der Waals surface area contributed by atoms with Crippen LogP contribution in [0.3, 0.4) is 0 Å². The van der Waals surface area contributed by atoms with Gasteiger partial charge >= 0.3 is 5.69 Å². The molecule has 0 saturated carbocycles. The van der Waals surface area contributed by atoms with Gasteiger partial charge in [-0.05, 0) is 18.8 Å². The highest BCUT2D eigenvalue weighted by Crippen LogP contribution is 2.20. The van der Waals surface area contributed by atoms with Gasteiger partial charge in [0.2, 0.25) is 5.91 Å². The summed E-state index contributed by atoms with van der Waals surface area (Å²) in [5.41, 5.74) is 5.09. The molecule has 0 unspecified atom stereocenters. The number of amides is 1. The number of nitrogens with zero attached hydrogens (tertiary/aromatic N) is 2. The molecule has 1 heterocycles. The fourth-order valence-electron chi connectivity index (χ4n) is 2.52. The Morgan fingerprint density at radius 2 is 1.83 bits per heavy atom. The van der Waals surface area contributed by atoms with Crippen LogP contribution in [0.2, 0.25) is 0 Å². The van der Waals surface area contributed by atoms with E-state index >= 15 is 0 Å². The highest BCUT2D eigenvalue weighted by Gasteiger charge is 2.24. The monoisotopic (exact) mass is 338 g/mol. The van der Waals surface area contributed by atoms with E-state index in [2.05, 4.69) is 4.98 Å². The van der Waals surface area contributed by atoms with E-state index in [0.717, 1.165) is 25.7 Å². The molecule has 1 aromatic heterocycles. The quantitative estimate of drug-likeness (QED) is 0.720. The molecule has 7 nitrogen and oxygen atoms in total. The van der Waals surface area contributed by atoms with Crippen LogP contribution in [0.5, 0.6) is 0 Å². The third-order valence-corrected chi connectivity index (χ3v) is 3.81. The molecule has 136 valence electrons. The second-order valence-electron chi connectivity index (χ2n) is 6.50. The molecule has 3 N–H and O–H groups in total.